The highest BCUT2D eigenvalue weighted by molar-refractivity contribution is 5.79. The Morgan fingerprint density at radius 2 is 1.84 bits per heavy atom. The highest BCUT2D eigenvalue weighted by Gasteiger charge is 2.42. The number of hydrogen-bond donors (Lipinski definition) is 1. The van der Waals surface area contributed by atoms with E-state index in [2.05, 4.69) is 11.4 Å². The van der Waals surface area contributed by atoms with Crippen LogP contribution in [0.15, 0.2) is 0 Å². The smallest absolute Gasteiger partial charge is 0.319 e. The number of likely N-dealkylation sites (N-methyl/N-ethyl adjacent to an activating group) is 1. The summed E-state index contributed by atoms with van der Waals surface area (Å²) in [5.41, 5.74) is 0. The van der Waals surface area contributed by atoms with Crippen LogP contribution in [0.3, 0.4) is 0 Å². The van der Waals surface area contributed by atoms with Gasteiger partial charge in [-0.15, -0.1) is 0 Å². The van der Waals surface area contributed by atoms with Crippen molar-refractivity contribution in [1.82, 2.24) is 20.0 Å². The van der Waals surface area contributed by atoms with E-state index in [1.807, 2.05) is 18.7 Å². The molecule has 4 atom stereocenters. The Labute approximate surface area is 150 Å². The Bertz CT molecular complexity index is 516. The third-order valence-corrected chi connectivity index (χ3v) is 5.52. The topological polar surface area (TPSA) is 79.7 Å². The largest absolute Gasteiger partial charge is 0.331 e. The molecule has 2 fully saturated rings. The number of carbonyl (C=O) groups is 2. The van der Waals surface area contributed by atoms with Crippen LogP contribution in [0, 0.1) is 23.2 Å². The molecule has 25 heavy (non-hydrogen) atoms. The van der Waals surface area contributed by atoms with Crippen molar-refractivity contribution in [3.8, 4) is 6.07 Å². The third-order valence-electron chi connectivity index (χ3n) is 5.52. The molecule has 1 saturated heterocycles. The fourth-order valence-electron chi connectivity index (χ4n) is 4.19. The number of urea groups is 1. The number of hydrogen-bond acceptors (Lipinski definition) is 4. The minimum absolute atomic E-state index is 0.00243. The third kappa shape index (κ3) is 4.43. The van der Waals surface area contributed by atoms with Gasteiger partial charge in [-0.2, -0.15) is 5.26 Å². The second-order valence-electron chi connectivity index (χ2n) is 7.38. The molecule has 1 saturated carbocycles. The lowest BCUT2D eigenvalue weighted by Crippen LogP contribution is -2.45. The molecule has 0 aromatic heterocycles. The van der Waals surface area contributed by atoms with Crippen LogP contribution in [-0.2, 0) is 4.79 Å². The SMILES string of the molecule is CCC(C#N)N(CC)C(=O)CNC1C[C@@H]2CN(C(=O)N(C)C)C[C@@H]2C1. The standard InChI is InChI=1S/C18H31N5O2/c1-5-16(9-19)23(6-2)17(24)10-20-15-7-13-11-22(12-14(13)8-15)18(25)21(3)4/h13-16,20H,5-8,10-12H2,1-4H3/t13-,14+,15?,16?. The highest BCUT2D eigenvalue weighted by atomic mass is 16.2. The lowest BCUT2D eigenvalue weighted by molar-refractivity contribution is -0.131. The molecule has 0 radical (unpaired) electrons. The number of amides is 3. The van der Waals surface area contributed by atoms with Gasteiger partial charge in [0.05, 0.1) is 12.6 Å². The molecule has 0 aromatic rings. The maximum atomic E-state index is 12.4. The zero-order valence-corrected chi connectivity index (χ0v) is 15.9. The van der Waals surface area contributed by atoms with Crippen molar-refractivity contribution in [3.05, 3.63) is 0 Å². The average Bonchev–Trinajstić information content (AvgIpc) is 3.15. The fraction of sp³-hybridized carbons (Fsp3) is 0.833. The van der Waals surface area contributed by atoms with E-state index in [0.29, 0.717) is 30.8 Å². The summed E-state index contributed by atoms with van der Waals surface area (Å²) in [6.45, 7) is 6.33. The maximum Gasteiger partial charge on any atom is 0.319 e. The van der Waals surface area contributed by atoms with Crippen LogP contribution in [0.1, 0.15) is 33.1 Å². The van der Waals surface area contributed by atoms with Crippen LogP contribution in [0.4, 0.5) is 4.79 Å². The van der Waals surface area contributed by atoms with E-state index in [4.69, 9.17) is 0 Å². The number of fused-ring (bicyclic) bond motifs is 1. The zero-order valence-electron chi connectivity index (χ0n) is 15.9. The molecule has 1 aliphatic heterocycles. The molecule has 1 N–H and O–H groups in total. The van der Waals surface area contributed by atoms with Gasteiger partial charge in [-0.1, -0.05) is 6.92 Å². The van der Waals surface area contributed by atoms with E-state index in [-0.39, 0.29) is 24.5 Å². The fourth-order valence-corrected chi connectivity index (χ4v) is 4.19. The molecule has 3 amide bonds. The van der Waals surface area contributed by atoms with Gasteiger partial charge in [0.1, 0.15) is 6.04 Å². The molecule has 1 heterocycles. The minimum Gasteiger partial charge on any atom is -0.331 e. The highest BCUT2D eigenvalue weighted by Crippen LogP contribution is 2.38. The lowest BCUT2D eigenvalue weighted by atomic mass is 10.0. The molecular weight excluding hydrogens is 318 g/mol. The van der Waals surface area contributed by atoms with E-state index in [0.717, 1.165) is 25.9 Å². The number of likely N-dealkylation sites (tertiary alicyclic amines) is 1. The molecule has 0 bridgehead atoms. The molecule has 2 unspecified atom stereocenters. The van der Waals surface area contributed by atoms with Crippen molar-refractivity contribution >= 4 is 11.9 Å². The number of nitrogens with one attached hydrogen (secondary N) is 1. The van der Waals surface area contributed by atoms with Crippen molar-refractivity contribution < 1.29 is 9.59 Å². The quantitative estimate of drug-likeness (QED) is 0.779. The molecule has 2 aliphatic rings. The first kappa shape index (κ1) is 19.5. The zero-order chi connectivity index (χ0) is 18.6. The van der Waals surface area contributed by atoms with Gasteiger partial charge in [-0.05, 0) is 38.0 Å². The molecule has 7 nitrogen and oxygen atoms in total. The van der Waals surface area contributed by atoms with Gasteiger partial charge in [0.2, 0.25) is 5.91 Å². The molecular formula is C18H31N5O2. The number of nitrogens with zero attached hydrogens (tertiary/aromatic N) is 4. The van der Waals surface area contributed by atoms with E-state index >= 15 is 0 Å². The van der Waals surface area contributed by atoms with E-state index in [1.165, 1.54) is 0 Å². The van der Waals surface area contributed by atoms with Gasteiger partial charge in [0.15, 0.2) is 0 Å². The van der Waals surface area contributed by atoms with Gasteiger partial charge >= 0.3 is 6.03 Å². The van der Waals surface area contributed by atoms with Crippen molar-refractivity contribution in [2.24, 2.45) is 11.8 Å². The lowest BCUT2D eigenvalue weighted by Gasteiger charge is -2.26. The predicted octanol–water partition coefficient (Wildman–Crippen LogP) is 1.12. The first-order valence-corrected chi connectivity index (χ1v) is 9.29. The number of carbonyl (C=O) groups excluding carboxylic acids is 2. The van der Waals surface area contributed by atoms with E-state index < -0.39 is 0 Å². The van der Waals surface area contributed by atoms with E-state index in [1.54, 1.807) is 23.9 Å². The van der Waals surface area contributed by atoms with Gasteiger partial charge in [-0.25, -0.2) is 4.79 Å². The summed E-state index contributed by atoms with van der Waals surface area (Å²) in [7, 11) is 3.58. The summed E-state index contributed by atoms with van der Waals surface area (Å²) >= 11 is 0. The van der Waals surface area contributed by atoms with Crippen LogP contribution in [0.5, 0.6) is 0 Å². The van der Waals surface area contributed by atoms with Gasteiger partial charge < -0.3 is 20.0 Å². The van der Waals surface area contributed by atoms with Crippen LogP contribution in [0.25, 0.3) is 0 Å². The number of nitriles is 1. The monoisotopic (exact) mass is 349 g/mol. The van der Waals surface area contributed by atoms with Crippen LogP contribution < -0.4 is 5.32 Å². The Morgan fingerprint density at radius 1 is 1.24 bits per heavy atom. The average molecular weight is 349 g/mol. The molecule has 0 spiro atoms. The second kappa shape index (κ2) is 8.52. The molecule has 2 rings (SSSR count). The van der Waals surface area contributed by atoms with E-state index in [9.17, 15) is 14.9 Å². The van der Waals surface area contributed by atoms with Crippen molar-refractivity contribution in [3.63, 3.8) is 0 Å². The Morgan fingerprint density at radius 3 is 2.28 bits per heavy atom. The minimum atomic E-state index is -0.340. The van der Waals surface area contributed by atoms with Crippen molar-refractivity contribution in [2.45, 2.75) is 45.2 Å². The van der Waals surface area contributed by atoms with Crippen LogP contribution >= 0.6 is 0 Å². The van der Waals surface area contributed by atoms with Crippen LogP contribution in [0.2, 0.25) is 0 Å². The molecule has 140 valence electrons. The first-order valence-electron chi connectivity index (χ1n) is 9.29. The summed E-state index contributed by atoms with van der Waals surface area (Å²) in [5, 5.41) is 12.6. The van der Waals surface area contributed by atoms with Crippen molar-refractivity contribution in [1.29, 1.82) is 5.26 Å². The normalized spacial score (nSPS) is 26.0. The summed E-state index contributed by atoms with van der Waals surface area (Å²) in [6, 6.07) is 2.29. The Kier molecular flexibility index (Phi) is 6.65. The summed E-state index contributed by atoms with van der Waals surface area (Å²) < 4.78 is 0. The van der Waals surface area contributed by atoms with Crippen LogP contribution in [-0.4, -0.2) is 79.0 Å². The molecule has 1 aliphatic carbocycles. The Hall–Kier alpha value is -1.81. The van der Waals surface area contributed by atoms with Gasteiger partial charge in [-0.3, -0.25) is 4.79 Å². The maximum absolute atomic E-state index is 12.4. The number of rotatable bonds is 6. The van der Waals surface area contributed by atoms with Gasteiger partial charge in [0.25, 0.3) is 0 Å². The van der Waals surface area contributed by atoms with Gasteiger partial charge in [0, 0.05) is 39.8 Å². The van der Waals surface area contributed by atoms with Crippen molar-refractivity contribution in [2.75, 3.05) is 40.3 Å². The summed E-state index contributed by atoms with van der Waals surface area (Å²) in [6.07, 6.45) is 2.67. The summed E-state index contributed by atoms with van der Waals surface area (Å²) in [5.74, 6) is 1.06. The summed E-state index contributed by atoms with van der Waals surface area (Å²) in [4.78, 5) is 29.7. The predicted molar refractivity (Wildman–Crippen MR) is 95.7 cm³/mol. The second-order valence-corrected chi connectivity index (χ2v) is 7.38. The first-order chi connectivity index (χ1) is 11.9. The molecule has 0 aromatic carbocycles. The molecule has 7 heteroatoms. The Balaban J connectivity index is 1.79.